The van der Waals surface area contributed by atoms with Crippen molar-refractivity contribution in [1.29, 1.82) is 0 Å². The minimum Gasteiger partial charge on any atom is -0.445 e. The van der Waals surface area contributed by atoms with E-state index in [9.17, 15) is 9.90 Å². The lowest BCUT2D eigenvalue weighted by Crippen LogP contribution is -2.38. The molecule has 0 aliphatic carbocycles. The second-order valence-corrected chi connectivity index (χ2v) is 11.2. The van der Waals surface area contributed by atoms with Gasteiger partial charge in [-0.2, -0.15) is 0 Å². The monoisotopic (exact) mass is 607 g/mol. The highest BCUT2D eigenvalue weighted by Crippen LogP contribution is 2.38. The van der Waals surface area contributed by atoms with Gasteiger partial charge in [0.1, 0.15) is 6.61 Å². The predicted molar refractivity (Wildman–Crippen MR) is 174 cm³/mol. The summed E-state index contributed by atoms with van der Waals surface area (Å²) in [6.45, 7) is 5.74. The molecule has 45 heavy (non-hydrogen) atoms. The summed E-state index contributed by atoms with van der Waals surface area (Å²) in [5, 5.41) is 12.3. The van der Waals surface area contributed by atoms with E-state index in [0.717, 1.165) is 65.0 Å². The molecule has 0 unspecified atom stereocenters. The van der Waals surface area contributed by atoms with E-state index >= 15 is 0 Å². The molecule has 0 bridgehead atoms. The molecular formula is C37H41N3O5. The molecule has 1 aliphatic rings. The first-order chi connectivity index (χ1) is 22.0. The summed E-state index contributed by atoms with van der Waals surface area (Å²) in [6, 6.07) is 30.3. The number of carbonyl (C=O) groups is 1. The molecule has 5 rings (SSSR count). The number of aliphatic hydroxyl groups excluding tert-OH is 1. The van der Waals surface area contributed by atoms with Gasteiger partial charge in [-0.15, -0.1) is 0 Å². The summed E-state index contributed by atoms with van der Waals surface area (Å²) in [7, 11) is 2.12. The van der Waals surface area contributed by atoms with Gasteiger partial charge in [0, 0.05) is 49.9 Å². The fourth-order valence-electron chi connectivity index (χ4n) is 5.38. The van der Waals surface area contributed by atoms with Crippen molar-refractivity contribution < 1.29 is 24.1 Å². The van der Waals surface area contributed by atoms with Crippen molar-refractivity contribution in [3.63, 3.8) is 0 Å². The highest BCUT2D eigenvalue weighted by molar-refractivity contribution is 5.68. The van der Waals surface area contributed by atoms with E-state index in [1.165, 1.54) is 6.08 Å². The van der Waals surface area contributed by atoms with Gasteiger partial charge >= 0.3 is 6.09 Å². The summed E-state index contributed by atoms with van der Waals surface area (Å²) in [6.07, 6.45) is 3.77. The van der Waals surface area contributed by atoms with Crippen LogP contribution in [0.15, 0.2) is 110 Å². The second kappa shape index (κ2) is 16.1. The lowest BCUT2D eigenvalue weighted by atomic mass is 9.99. The lowest BCUT2D eigenvalue weighted by molar-refractivity contribution is -0.252. The van der Waals surface area contributed by atoms with Gasteiger partial charge in [0.15, 0.2) is 6.29 Å². The third-order valence-corrected chi connectivity index (χ3v) is 7.82. The van der Waals surface area contributed by atoms with Crippen molar-refractivity contribution in [2.75, 3.05) is 26.7 Å². The number of amides is 1. The fraction of sp³-hybridized carbons (Fsp3) is 0.297. The number of aliphatic hydroxyl groups is 1. The van der Waals surface area contributed by atoms with Crippen LogP contribution in [0.3, 0.4) is 0 Å². The molecule has 2 heterocycles. The summed E-state index contributed by atoms with van der Waals surface area (Å²) in [5.74, 6) is 0. The minimum absolute atomic E-state index is 0.00920. The highest BCUT2D eigenvalue weighted by Gasteiger charge is 2.32. The van der Waals surface area contributed by atoms with Crippen molar-refractivity contribution >= 4 is 6.09 Å². The van der Waals surface area contributed by atoms with E-state index in [1.807, 2.05) is 60.8 Å². The Hall–Kier alpha value is -4.34. The van der Waals surface area contributed by atoms with Crippen LogP contribution in [0.25, 0.3) is 11.1 Å². The average molecular weight is 608 g/mol. The molecule has 8 heteroatoms. The molecule has 1 fully saturated rings. The normalized spacial score (nSPS) is 18.0. The van der Waals surface area contributed by atoms with Crippen molar-refractivity contribution in [2.45, 2.75) is 44.5 Å². The zero-order valence-corrected chi connectivity index (χ0v) is 25.7. The number of carbonyl (C=O) groups excluding carboxylic acids is 1. The smallest absolute Gasteiger partial charge is 0.407 e. The van der Waals surface area contributed by atoms with Crippen LogP contribution in [-0.4, -0.2) is 53.9 Å². The second-order valence-electron chi connectivity index (χ2n) is 11.2. The topological polar surface area (TPSA) is 93.2 Å². The standard InChI is InChI=1S/C37H41N3O5/c1-3-21-43-37(42)39-24-28-7-6-8-32(22-28)29-14-16-31(17-15-29)36-44-34(25-40(2)20-18-33-9-4-5-19-38-33)23-35(45-36)30-12-10-27(26-41)11-13-30/h3-17,19,22,34-36,41H,1,18,20-21,23-26H2,2H3,(H,39,42)/t34-,35+,36+/m1/s1. The molecule has 2 N–H and O–H groups in total. The van der Waals surface area contributed by atoms with Crippen LogP contribution in [0, 0.1) is 0 Å². The molecular weight excluding hydrogens is 566 g/mol. The van der Waals surface area contributed by atoms with E-state index in [4.69, 9.17) is 14.2 Å². The van der Waals surface area contributed by atoms with Crippen LogP contribution in [0.2, 0.25) is 0 Å². The number of aromatic nitrogens is 1. The van der Waals surface area contributed by atoms with Gasteiger partial charge in [-0.05, 0) is 53.1 Å². The van der Waals surface area contributed by atoms with Crippen LogP contribution in [-0.2, 0) is 33.8 Å². The quantitative estimate of drug-likeness (QED) is 0.171. The first-order valence-electron chi connectivity index (χ1n) is 15.3. The molecule has 1 amide bonds. The Morgan fingerprint density at radius 1 is 1.00 bits per heavy atom. The maximum atomic E-state index is 11.8. The molecule has 1 aliphatic heterocycles. The van der Waals surface area contributed by atoms with Gasteiger partial charge in [-0.25, -0.2) is 4.79 Å². The number of ether oxygens (including phenoxy) is 3. The zero-order valence-electron chi connectivity index (χ0n) is 25.7. The molecule has 234 valence electrons. The molecule has 1 saturated heterocycles. The fourth-order valence-corrected chi connectivity index (χ4v) is 5.38. The number of likely N-dealkylation sites (N-methyl/N-ethyl adjacent to an activating group) is 1. The van der Waals surface area contributed by atoms with E-state index in [1.54, 1.807) is 0 Å². The maximum Gasteiger partial charge on any atom is 0.407 e. The van der Waals surface area contributed by atoms with Crippen LogP contribution in [0.1, 0.15) is 46.8 Å². The molecule has 0 spiro atoms. The third kappa shape index (κ3) is 9.33. The van der Waals surface area contributed by atoms with Gasteiger partial charge in [-0.1, -0.05) is 85.5 Å². The van der Waals surface area contributed by atoms with E-state index in [2.05, 4.69) is 65.2 Å². The Balaban J connectivity index is 1.27. The molecule has 0 radical (unpaired) electrons. The summed E-state index contributed by atoms with van der Waals surface area (Å²) in [5.41, 5.74) is 7.02. The predicted octanol–water partition coefficient (Wildman–Crippen LogP) is 6.37. The van der Waals surface area contributed by atoms with Gasteiger partial charge in [0.2, 0.25) is 0 Å². The summed E-state index contributed by atoms with van der Waals surface area (Å²) in [4.78, 5) is 18.6. The number of nitrogens with zero attached hydrogens (tertiary/aromatic N) is 2. The van der Waals surface area contributed by atoms with Gasteiger partial charge in [0.05, 0.1) is 18.8 Å². The third-order valence-electron chi connectivity index (χ3n) is 7.82. The summed E-state index contributed by atoms with van der Waals surface area (Å²) >= 11 is 0. The van der Waals surface area contributed by atoms with Gasteiger partial charge in [-0.3, -0.25) is 4.98 Å². The Kier molecular flexibility index (Phi) is 11.5. The highest BCUT2D eigenvalue weighted by atomic mass is 16.7. The Morgan fingerprint density at radius 3 is 2.53 bits per heavy atom. The van der Waals surface area contributed by atoms with Crippen molar-refractivity contribution in [2.24, 2.45) is 0 Å². The van der Waals surface area contributed by atoms with Crippen LogP contribution in [0.4, 0.5) is 4.79 Å². The molecule has 0 saturated carbocycles. The first kappa shape index (κ1) is 32.1. The largest absolute Gasteiger partial charge is 0.445 e. The Bertz CT molecular complexity index is 1510. The molecule has 4 aromatic rings. The number of pyridine rings is 1. The SMILES string of the molecule is C=CCOC(=O)NCc1cccc(-c2ccc([C@H]3O[C@@H](CN(C)CCc4ccccn4)C[C@@H](c4ccc(CO)cc4)O3)cc2)c1. The number of alkyl carbamates (subject to hydrolysis) is 1. The van der Waals surface area contributed by atoms with E-state index in [-0.39, 0.29) is 25.4 Å². The number of rotatable bonds is 13. The van der Waals surface area contributed by atoms with Crippen molar-refractivity contribution in [1.82, 2.24) is 15.2 Å². The summed E-state index contributed by atoms with van der Waals surface area (Å²) < 4.78 is 18.1. The van der Waals surface area contributed by atoms with Crippen molar-refractivity contribution in [3.05, 3.63) is 138 Å². The molecule has 1 aromatic heterocycles. The first-order valence-corrected chi connectivity index (χ1v) is 15.3. The molecule has 3 aromatic carbocycles. The average Bonchev–Trinajstić information content (AvgIpc) is 3.09. The number of nitrogens with one attached hydrogen (secondary N) is 1. The van der Waals surface area contributed by atoms with Crippen LogP contribution < -0.4 is 5.32 Å². The van der Waals surface area contributed by atoms with Gasteiger partial charge < -0.3 is 29.5 Å². The van der Waals surface area contributed by atoms with E-state index in [0.29, 0.717) is 6.54 Å². The minimum atomic E-state index is -0.526. The Labute approximate surface area is 265 Å². The van der Waals surface area contributed by atoms with Crippen LogP contribution in [0.5, 0.6) is 0 Å². The zero-order chi connectivity index (χ0) is 31.4. The van der Waals surface area contributed by atoms with E-state index < -0.39 is 12.4 Å². The van der Waals surface area contributed by atoms with Crippen LogP contribution >= 0.6 is 0 Å². The molecule has 3 atom stereocenters. The number of hydrogen-bond acceptors (Lipinski definition) is 7. The number of hydrogen-bond donors (Lipinski definition) is 2. The maximum absolute atomic E-state index is 11.8. The number of benzene rings is 3. The Morgan fingerprint density at radius 2 is 1.80 bits per heavy atom. The lowest BCUT2D eigenvalue weighted by Gasteiger charge is -2.38. The van der Waals surface area contributed by atoms with Gasteiger partial charge in [0.25, 0.3) is 0 Å². The molecule has 8 nitrogen and oxygen atoms in total. The van der Waals surface area contributed by atoms with Crippen molar-refractivity contribution in [3.8, 4) is 11.1 Å².